The van der Waals surface area contributed by atoms with E-state index in [0.717, 1.165) is 19.5 Å². The molecule has 0 unspecified atom stereocenters. The standard InChI is InChI=1S/C11H18N2O4/c1-11(2)16-9(14)8(10(15)17-11)7-13(3)6-4-5-12/h7H,4-6,12H2,1-3H3/p+1. The second kappa shape index (κ2) is 5.18. The summed E-state index contributed by atoms with van der Waals surface area (Å²) in [6.07, 6.45) is 2.34. The Morgan fingerprint density at radius 1 is 1.29 bits per heavy atom. The van der Waals surface area contributed by atoms with E-state index in [0.29, 0.717) is 0 Å². The minimum absolute atomic E-state index is 0.0733. The fourth-order valence-corrected chi connectivity index (χ4v) is 1.41. The molecule has 1 fully saturated rings. The number of rotatable bonds is 4. The van der Waals surface area contributed by atoms with Crippen LogP contribution in [0.4, 0.5) is 0 Å². The Morgan fingerprint density at radius 2 is 1.82 bits per heavy atom. The van der Waals surface area contributed by atoms with Crippen LogP contribution in [0.25, 0.3) is 0 Å². The summed E-state index contributed by atoms with van der Waals surface area (Å²) in [7, 11) is 1.78. The molecule has 1 heterocycles. The second-order valence-corrected chi connectivity index (χ2v) is 4.41. The lowest BCUT2D eigenvalue weighted by molar-refractivity contribution is -0.368. The predicted octanol–water partition coefficient (Wildman–Crippen LogP) is -0.730. The van der Waals surface area contributed by atoms with Crippen LogP contribution < -0.4 is 5.73 Å². The molecule has 3 N–H and O–H groups in total. The zero-order valence-electron chi connectivity index (χ0n) is 10.5. The molecular formula is C11H19N2O4+. The number of hydrogen-bond donors (Lipinski definition) is 1. The molecule has 1 aliphatic rings. The molecule has 0 saturated carbocycles. The first-order valence-electron chi connectivity index (χ1n) is 5.54. The van der Waals surface area contributed by atoms with Gasteiger partial charge in [0.1, 0.15) is 0 Å². The second-order valence-electron chi connectivity index (χ2n) is 4.41. The molecule has 0 radical (unpaired) electrons. The Morgan fingerprint density at radius 3 is 2.29 bits per heavy atom. The summed E-state index contributed by atoms with van der Waals surface area (Å²) in [5, 5.41) is 0. The van der Waals surface area contributed by atoms with E-state index in [9.17, 15) is 9.59 Å². The Hall–Kier alpha value is -1.56. The van der Waals surface area contributed by atoms with Gasteiger partial charge in [-0.05, 0) is 0 Å². The van der Waals surface area contributed by atoms with Crippen LogP contribution in [0.15, 0.2) is 11.8 Å². The Balaban J connectivity index is 2.74. The molecule has 6 nitrogen and oxygen atoms in total. The van der Waals surface area contributed by atoms with Gasteiger partial charge in [-0.1, -0.05) is 0 Å². The highest BCUT2D eigenvalue weighted by atomic mass is 16.7. The molecule has 0 aromatic heterocycles. The number of carbonyl (C=O) groups excluding carboxylic acids is 2. The van der Waals surface area contributed by atoms with E-state index in [-0.39, 0.29) is 5.57 Å². The molecule has 0 bridgehead atoms. The zero-order chi connectivity index (χ0) is 13.1. The Bertz CT molecular complexity index is 327. The van der Waals surface area contributed by atoms with Crippen molar-refractivity contribution in [2.45, 2.75) is 26.1 Å². The van der Waals surface area contributed by atoms with Crippen molar-refractivity contribution in [3.05, 3.63) is 11.8 Å². The van der Waals surface area contributed by atoms with Gasteiger partial charge in [0, 0.05) is 40.1 Å². The highest BCUT2D eigenvalue weighted by Gasteiger charge is 2.39. The van der Waals surface area contributed by atoms with E-state index in [1.54, 1.807) is 11.9 Å². The van der Waals surface area contributed by atoms with Gasteiger partial charge in [-0.3, -0.25) is 0 Å². The summed E-state index contributed by atoms with van der Waals surface area (Å²) in [5.74, 6) is -2.47. The topological polar surface area (TPSA) is 83.5 Å². The number of quaternary nitrogens is 1. The van der Waals surface area contributed by atoms with E-state index in [1.807, 2.05) is 0 Å². The lowest BCUT2D eigenvalue weighted by Crippen LogP contribution is -2.51. The summed E-state index contributed by atoms with van der Waals surface area (Å²) >= 11 is 0. The molecule has 6 heteroatoms. The average Bonchev–Trinajstić information content (AvgIpc) is 2.19. The quantitative estimate of drug-likeness (QED) is 0.400. The van der Waals surface area contributed by atoms with E-state index >= 15 is 0 Å². The highest BCUT2D eigenvalue weighted by Crippen LogP contribution is 2.22. The van der Waals surface area contributed by atoms with Crippen LogP contribution >= 0.6 is 0 Å². The predicted molar refractivity (Wildman–Crippen MR) is 59.3 cm³/mol. The number of ether oxygens (including phenoxy) is 2. The van der Waals surface area contributed by atoms with Crippen molar-refractivity contribution in [1.29, 1.82) is 0 Å². The molecule has 0 aliphatic carbocycles. The number of esters is 2. The van der Waals surface area contributed by atoms with E-state index in [1.165, 1.54) is 20.0 Å². The number of cyclic esters (lactones) is 2. The molecular weight excluding hydrogens is 224 g/mol. The molecule has 0 amide bonds. The fraction of sp³-hybridized carbons (Fsp3) is 0.636. The van der Waals surface area contributed by atoms with E-state index in [4.69, 9.17) is 9.47 Å². The van der Waals surface area contributed by atoms with Crippen LogP contribution in [-0.4, -0.2) is 42.8 Å². The van der Waals surface area contributed by atoms with Crippen LogP contribution in [0.1, 0.15) is 20.3 Å². The maximum absolute atomic E-state index is 11.6. The van der Waals surface area contributed by atoms with Gasteiger partial charge in [0.25, 0.3) is 5.79 Å². The molecule has 0 aromatic rings. The normalized spacial score (nSPS) is 18.5. The van der Waals surface area contributed by atoms with Gasteiger partial charge in [-0.15, -0.1) is 0 Å². The van der Waals surface area contributed by atoms with Crippen molar-refractivity contribution in [2.24, 2.45) is 0 Å². The van der Waals surface area contributed by atoms with Gasteiger partial charge in [0.2, 0.25) is 0 Å². The van der Waals surface area contributed by atoms with Crippen LogP contribution in [-0.2, 0) is 19.1 Å². The minimum Gasteiger partial charge on any atom is -0.419 e. The van der Waals surface area contributed by atoms with Crippen LogP contribution in [0.5, 0.6) is 0 Å². The lowest BCUT2D eigenvalue weighted by atomic mass is 10.2. The van der Waals surface area contributed by atoms with Crippen molar-refractivity contribution in [2.75, 3.05) is 20.1 Å². The monoisotopic (exact) mass is 243 g/mol. The minimum atomic E-state index is -1.18. The average molecular weight is 243 g/mol. The van der Waals surface area contributed by atoms with E-state index < -0.39 is 17.7 Å². The van der Waals surface area contributed by atoms with Crippen molar-refractivity contribution >= 4 is 11.9 Å². The zero-order valence-corrected chi connectivity index (χ0v) is 10.5. The molecule has 0 atom stereocenters. The molecule has 0 aromatic carbocycles. The fourth-order valence-electron chi connectivity index (χ4n) is 1.41. The summed E-state index contributed by atoms with van der Waals surface area (Å²) in [5.41, 5.74) is 3.65. The number of hydrogen-bond acceptors (Lipinski definition) is 5. The first kappa shape index (κ1) is 13.5. The molecule has 17 heavy (non-hydrogen) atoms. The van der Waals surface area contributed by atoms with Crippen LogP contribution in [0.3, 0.4) is 0 Å². The molecule has 1 rings (SSSR count). The van der Waals surface area contributed by atoms with Gasteiger partial charge in [0.05, 0.1) is 6.54 Å². The smallest absolute Gasteiger partial charge is 0.350 e. The third kappa shape index (κ3) is 3.74. The maximum Gasteiger partial charge on any atom is 0.350 e. The summed E-state index contributed by atoms with van der Waals surface area (Å²) in [4.78, 5) is 24.9. The summed E-state index contributed by atoms with van der Waals surface area (Å²) in [6, 6.07) is 0. The Labute approximate surface area is 100 Å². The van der Waals surface area contributed by atoms with Crippen LogP contribution in [0, 0.1) is 0 Å². The number of nitrogens with zero attached hydrogens (tertiary/aromatic N) is 1. The third-order valence-electron chi connectivity index (χ3n) is 2.23. The summed E-state index contributed by atoms with van der Waals surface area (Å²) in [6.45, 7) is 4.56. The largest absolute Gasteiger partial charge is 0.419 e. The first-order valence-corrected chi connectivity index (χ1v) is 5.54. The van der Waals surface area contributed by atoms with Crippen molar-refractivity contribution < 1.29 is 24.8 Å². The van der Waals surface area contributed by atoms with Crippen LogP contribution in [0.2, 0.25) is 0 Å². The molecule has 1 aliphatic heterocycles. The van der Waals surface area contributed by atoms with E-state index in [2.05, 4.69) is 5.73 Å². The molecule has 96 valence electrons. The van der Waals surface area contributed by atoms with Gasteiger partial charge in [0.15, 0.2) is 5.57 Å². The van der Waals surface area contributed by atoms with Gasteiger partial charge >= 0.3 is 11.9 Å². The third-order valence-corrected chi connectivity index (χ3v) is 2.23. The molecule has 0 spiro atoms. The first-order chi connectivity index (χ1) is 7.85. The van der Waals surface area contributed by atoms with Gasteiger partial charge in [-0.2, -0.15) is 0 Å². The SMILES string of the molecule is CN(C=C1C(=O)OC(C)(C)OC1=O)CCC[NH3+]. The van der Waals surface area contributed by atoms with Crippen molar-refractivity contribution in [3.8, 4) is 0 Å². The number of carbonyl (C=O) groups is 2. The Kier molecular flexibility index (Phi) is 4.11. The maximum atomic E-state index is 11.6. The summed E-state index contributed by atoms with van der Waals surface area (Å²) < 4.78 is 9.95. The van der Waals surface area contributed by atoms with Gasteiger partial charge < -0.3 is 20.1 Å². The lowest BCUT2D eigenvalue weighted by Gasteiger charge is -2.30. The van der Waals surface area contributed by atoms with Gasteiger partial charge in [-0.25, -0.2) is 9.59 Å². The molecule has 1 saturated heterocycles. The van der Waals surface area contributed by atoms with Crippen molar-refractivity contribution in [1.82, 2.24) is 4.90 Å². The van der Waals surface area contributed by atoms with Crippen molar-refractivity contribution in [3.63, 3.8) is 0 Å². The highest BCUT2D eigenvalue weighted by molar-refractivity contribution is 6.15.